The first-order valence-corrected chi connectivity index (χ1v) is 26.1. The molecule has 8 heteroatoms. The molecule has 0 aliphatic carbocycles. The number of nitrogens with zero attached hydrogens (tertiary/aromatic N) is 1. The highest BCUT2D eigenvalue weighted by Crippen LogP contribution is 2.15. The Morgan fingerprint density at radius 3 is 1.20 bits per heavy atom. The first-order valence-electron chi connectivity index (χ1n) is 26.1. The molecule has 0 radical (unpaired) electrons. The lowest BCUT2D eigenvalue weighted by Crippen LogP contribution is -2.55. The topological polar surface area (TPSA) is 102 Å². The predicted octanol–water partition coefficient (Wildman–Crippen LogP) is 13.9. The van der Waals surface area contributed by atoms with Gasteiger partial charge in [-0.05, 0) is 83.5 Å². The minimum atomic E-state index is -1.13. The third-order valence-electron chi connectivity index (χ3n) is 11.3. The zero-order chi connectivity index (χ0) is 47.7. The number of allylic oxidation sites excluding steroid dienone is 14. The number of carbonyl (C=O) groups excluding carboxylic acids is 3. The largest absolute Gasteiger partial charge is 0.544 e. The second kappa shape index (κ2) is 47.0. The number of ether oxygens (including phenoxy) is 3. The van der Waals surface area contributed by atoms with Crippen LogP contribution in [0.25, 0.3) is 0 Å². The summed E-state index contributed by atoms with van der Waals surface area (Å²) in [6.45, 7) is 4.43. The number of rotatable bonds is 46. The highest BCUT2D eigenvalue weighted by Gasteiger charge is 2.25. The van der Waals surface area contributed by atoms with Gasteiger partial charge in [-0.3, -0.25) is 9.59 Å². The Morgan fingerprint density at radius 1 is 0.462 bits per heavy atom. The number of esters is 2. The maximum Gasteiger partial charge on any atom is 0.306 e. The molecule has 0 aromatic rings. The fourth-order valence-corrected chi connectivity index (χ4v) is 7.31. The average molecular weight is 908 g/mol. The summed E-state index contributed by atoms with van der Waals surface area (Å²) >= 11 is 0. The minimum absolute atomic E-state index is 0.0324. The van der Waals surface area contributed by atoms with Crippen LogP contribution in [0, 0.1) is 0 Å². The van der Waals surface area contributed by atoms with E-state index in [-0.39, 0.29) is 42.7 Å². The number of carboxylic acid groups (broad SMARTS) is 1. The van der Waals surface area contributed by atoms with Gasteiger partial charge in [-0.2, -0.15) is 0 Å². The molecule has 0 aromatic carbocycles. The Balaban J connectivity index is 4.26. The summed E-state index contributed by atoms with van der Waals surface area (Å²) in [5, 5.41) is 11.7. The van der Waals surface area contributed by atoms with Gasteiger partial charge in [0.2, 0.25) is 0 Å². The van der Waals surface area contributed by atoms with Crippen LogP contribution >= 0.6 is 0 Å². The number of aliphatic carboxylic acids is 1. The third-order valence-corrected chi connectivity index (χ3v) is 11.3. The molecule has 0 fully saturated rings. The molecule has 2 atom stereocenters. The first-order chi connectivity index (χ1) is 31.6. The van der Waals surface area contributed by atoms with Gasteiger partial charge in [0.25, 0.3) is 0 Å². The summed E-state index contributed by atoms with van der Waals surface area (Å²) in [5.41, 5.74) is 0. The third kappa shape index (κ3) is 45.5. The minimum Gasteiger partial charge on any atom is -0.544 e. The molecular weight excluding hydrogens is 811 g/mol. The summed E-state index contributed by atoms with van der Waals surface area (Å²) in [6.07, 6.45) is 61.8. The summed E-state index contributed by atoms with van der Waals surface area (Å²) in [7, 11) is 5.41. The fraction of sp³-hybridized carbons (Fsp3) is 0.702. The molecule has 0 aliphatic rings. The Hall–Kier alpha value is -3.49. The van der Waals surface area contributed by atoms with Crippen LogP contribution in [-0.2, 0) is 28.6 Å². The van der Waals surface area contributed by atoms with Crippen LogP contribution in [0.4, 0.5) is 0 Å². The van der Waals surface area contributed by atoms with Gasteiger partial charge in [-0.25, -0.2) is 0 Å². The van der Waals surface area contributed by atoms with E-state index in [0.29, 0.717) is 12.8 Å². The van der Waals surface area contributed by atoms with E-state index in [1.165, 1.54) is 83.5 Å². The molecule has 0 saturated heterocycles. The molecule has 372 valence electrons. The quantitative estimate of drug-likeness (QED) is 0.0259. The lowest BCUT2D eigenvalue weighted by molar-refractivity contribution is -0.889. The van der Waals surface area contributed by atoms with E-state index in [4.69, 9.17) is 14.2 Å². The summed E-state index contributed by atoms with van der Waals surface area (Å²) < 4.78 is 17.2. The van der Waals surface area contributed by atoms with Crippen molar-refractivity contribution in [1.29, 1.82) is 0 Å². The van der Waals surface area contributed by atoms with Crippen LogP contribution < -0.4 is 5.11 Å². The van der Waals surface area contributed by atoms with Crippen LogP contribution in [-0.4, -0.2) is 75.5 Å². The highest BCUT2D eigenvalue weighted by atomic mass is 16.6. The van der Waals surface area contributed by atoms with Gasteiger partial charge in [0, 0.05) is 19.3 Å². The standard InChI is InChI=1S/C57H97NO7/c1-6-8-10-12-14-16-18-20-22-24-26-28-30-32-34-36-38-40-42-44-46-48-56(60)65-53(51-63-50-49-54(57(61)62)58(3,4)5)52-64-55(59)47-45-43-41-39-37-35-33-31-29-27-25-23-21-19-17-15-13-11-9-7-2/h8-11,14-17,20-23,27,29,53-54H,6-7,12-13,18-19,24-26,28,30-52H2,1-5H3/b10-8+,11-9+,16-14+,17-15+,22-20+,23-21+,29-27+. The van der Waals surface area contributed by atoms with E-state index in [1.54, 1.807) is 21.1 Å². The molecule has 0 aliphatic heterocycles. The summed E-state index contributed by atoms with van der Waals surface area (Å²) in [6, 6.07) is -0.733. The number of hydrogen-bond donors (Lipinski definition) is 0. The van der Waals surface area contributed by atoms with E-state index < -0.39 is 18.1 Å². The van der Waals surface area contributed by atoms with E-state index in [1.807, 2.05) is 0 Å². The molecule has 0 amide bonds. The van der Waals surface area contributed by atoms with Gasteiger partial charge >= 0.3 is 11.9 Å². The maximum absolute atomic E-state index is 12.8. The number of quaternary nitrogens is 1. The molecule has 0 saturated carbocycles. The summed E-state index contributed by atoms with van der Waals surface area (Å²) in [4.78, 5) is 37.1. The van der Waals surface area contributed by atoms with Crippen molar-refractivity contribution in [3.05, 3.63) is 85.1 Å². The zero-order valence-electron chi connectivity index (χ0n) is 42.4. The van der Waals surface area contributed by atoms with Crippen molar-refractivity contribution in [2.75, 3.05) is 41.0 Å². The van der Waals surface area contributed by atoms with E-state index >= 15 is 0 Å². The maximum atomic E-state index is 12.8. The summed E-state index contributed by atoms with van der Waals surface area (Å²) in [5.74, 6) is -1.75. The Labute approximate surface area is 399 Å². The fourth-order valence-electron chi connectivity index (χ4n) is 7.31. The van der Waals surface area contributed by atoms with Crippen LogP contribution in [0.2, 0.25) is 0 Å². The SMILES string of the molecule is CC/C=C/C/C=C/C/C=C/C/C=C/CCCCCCCCCC(=O)OCC(COCCC(C(=O)[O-])[N+](C)(C)C)OC(=O)CCCCCCCCCCCCC/C=C/C/C=C/C/C=C/CC. The first kappa shape index (κ1) is 61.5. The van der Waals surface area contributed by atoms with Gasteiger partial charge in [0.1, 0.15) is 12.6 Å². The van der Waals surface area contributed by atoms with Gasteiger partial charge in [-0.1, -0.05) is 189 Å². The Bertz CT molecular complexity index is 1330. The van der Waals surface area contributed by atoms with Gasteiger partial charge in [-0.15, -0.1) is 0 Å². The lowest BCUT2D eigenvalue weighted by atomic mass is 10.0. The normalized spacial score (nSPS) is 13.6. The van der Waals surface area contributed by atoms with Crippen LogP contribution in [0.3, 0.4) is 0 Å². The van der Waals surface area contributed by atoms with Gasteiger partial charge < -0.3 is 28.6 Å². The molecule has 0 N–H and O–H groups in total. The molecule has 0 heterocycles. The van der Waals surface area contributed by atoms with Crippen molar-refractivity contribution < 1.29 is 38.2 Å². The predicted molar refractivity (Wildman–Crippen MR) is 272 cm³/mol. The molecular formula is C57H97NO7. The monoisotopic (exact) mass is 908 g/mol. The highest BCUT2D eigenvalue weighted by molar-refractivity contribution is 5.70. The molecule has 2 unspecified atom stereocenters. The van der Waals surface area contributed by atoms with Crippen molar-refractivity contribution >= 4 is 17.9 Å². The smallest absolute Gasteiger partial charge is 0.306 e. The van der Waals surface area contributed by atoms with E-state index in [9.17, 15) is 19.5 Å². The van der Waals surface area contributed by atoms with Crippen molar-refractivity contribution in [2.45, 2.75) is 219 Å². The van der Waals surface area contributed by atoms with Crippen LogP contribution in [0.1, 0.15) is 206 Å². The van der Waals surface area contributed by atoms with Crippen molar-refractivity contribution in [3.8, 4) is 0 Å². The zero-order valence-corrected chi connectivity index (χ0v) is 42.4. The van der Waals surface area contributed by atoms with E-state index in [2.05, 4.69) is 98.9 Å². The molecule has 0 rings (SSSR count). The Morgan fingerprint density at radius 2 is 0.815 bits per heavy atom. The lowest BCUT2D eigenvalue weighted by Gasteiger charge is -2.34. The van der Waals surface area contributed by atoms with Crippen LogP contribution in [0.15, 0.2) is 85.1 Å². The number of likely N-dealkylation sites (N-methyl/N-ethyl adjacent to an activating group) is 1. The number of carboxylic acids is 1. The van der Waals surface area contributed by atoms with E-state index in [0.717, 1.165) is 89.9 Å². The van der Waals surface area contributed by atoms with Crippen molar-refractivity contribution in [3.63, 3.8) is 0 Å². The molecule has 65 heavy (non-hydrogen) atoms. The van der Waals surface area contributed by atoms with Gasteiger partial charge in [0.15, 0.2) is 6.10 Å². The number of carbonyl (C=O) groups is 3. The second-order valence-corrected chi connectivity index (χ2v) is 18.3. The molecule has 0 spiro atoms. The molecule has 0 aromatic heterocycles. The molecule has 8 nitrogen and oxygen atoms in total. The Kier molecular flexibility index (Phi) is 44.5. The van der Waals surface area contributed by atoms with Crippen LogP contribution in [0.5, 0.6) is 0 Å². The number of unbranched alkanes of at least 4 members (excludes halogenated alkanes) is 18. The average Bonchev–Trinajstić information content (AvgIpc) is 3.27. The number of hydrogen-bond acceptors (Lipinski definition) is 7. The van der Waals surface area contributed by atoms with Gasteiger partial charge in [0.05, 0.1) is 40.3 Å². The van der Waals surface area contributed by atoms with Crippen molar-refractivity contribution in [1.82, 2.24) is 0 Å². The van der Waals surface area contributed by atoms with Crippen molar-refractivity contribution in [2.24, 2.45) is 0 Å². The molecule has 0 bridgehead atoms. The second-order valence-electron chi connectivity index (χ2n) is 18.3.